The van der Waals surface area contributed by atoms with Gasteiger partial charge in [0.1, 0.15) is 0 Å². The van der Waals surface area contributed by atoms with Gasteiger partial charge in [-0.2, -0.15) is 0 Å². The van der Waals surface area contributed by atoms with Gasteiger partial charge in [0, 0.05) is 19.0 Å². The summed E-state index contributed by atoms with van der Waals surface area (Å²) in [5.41, 5.74) is 2.44. The Hall–Kier alpha value is -1.92. The van der Waals surface area contributed by atoms with E-state index >= 15 is 0 Å². The highest BCUT2D eigenvalue weighted by molar-refractivity contribution is 5.83. The number of hydrogen-bond donors (Lipinski definition) is 2. The number of carbonyl (C=O) groups excluding carboxylic acids is 1. The monoisotopic (exact) mass is 332 g/mol. The molecular formula is C18H24N2O4. The molecule has 6 nitrogen and oxygen atoms in total. The van der Waals surface area contributed by atoms with Crippen LogP contribution in [0.5, 0.6) is 0 Å². The highest BCUT2D eigenvalue weighted by atomic mass is 16.4. The molecule has 1 amide bonds. The summed E-state index contributed by atoms with van der Waals surface area (Å²) < 4.78 is 0. The van der Waals surface area contributed by atoms with E-state index in [1.54, 1.807) is 16.8 Å². The van der Waals surface area contributed by atoms with Gasteiger partial charge in [-0.15, -0.1) is 0 Å². The summed E-state index contributed by atoms with van der Waals surface area (Å²) in [4.78, 5) is 26.8. The second-order valence-electron chi connectivity index (χ2n) is 6.99. The molecule has 0 spiro atoms. The average molecular weight is 332 g/mol. The predicted molar refractivity (Wildman–Crippen MR) is 88.7 cm³/mol. The first-order valence-corrected chi connectivity index (χ1v) is 8.33. The SMILES string of the molecule is Cc1ccccc1[C@@H]1C[C@@H]1C(=O)N1C[C@@H](O)[C@H](N(C)CC(=O)O)C1. The van der Waals surface area contributed by atoms with E-state index in [0.717, 1.165) is 6.42 Å². The highest BCUT2D eigenvalue weighted by Crippen LogP contribution is 2.49. The summed E-state index contributed by atoms with van der Waals surface area (Å²) in [6.45, 7) is 2.59. The first-order valence-electron chi connectivity index (χ1n) is 8.33. The van der Waals surface area contributed by atoms with Gasteiger partial charge in [0.15, 0.2) is 0 Å². The fraction of sp³-hybridized carbons (Fsp3) is 0.556. The van der Waals surface area contributed by atoms with Crippen LogP contribution < -0.4 is 0 Å². The molecule has 1 aliphatic carbocycles. The lowest BCUT2D eigenvalue weighted by molar-refractivity contribution is -0.138. The van der Waals surface area contributed by atoms with Crippen molar-refractivity contribution < 1.29 is 19.8 Å². The zero-order valence-electron chi connectivity index (χ0n) is 14.1. The van der Waals surface area contributed by atoms with Crippen LogP contribution in [0.25, 0.3) is 0 Å². The number of β-amino-alcohol motifs (C(OH)–C–C–N with tert-alkyl or cyclic N) is 1. The van der Waals surface area contributed by atoms with Crippen molar-refractivity contribution in [2.75, 3.05) is 26.7 Å². The van der Waals surface area contributed by atoms with E-state index in [4.69, 9.17) is 5.11 Å². The Bertz CT molecular complexity index is 648. The molecule has 0 aromatic heterocycles. The number of hydrogen-bond acceptors (Lipinski definition) is 4. The molecule has 2 fully saturated rings. The number of carboxylic acid groups (broad SMARTS) is 1. The minimum Gasteiger partial charge on any atom is -0.480 e. The summed E-state index contributed by atoms with van der Waals surface area (Å²) in [6.07, 6.45) is 0.153. The third-order valence-electron chi connectivity index (χ3n) is 5.22. The normalized spacial score (nSPS) is 29.1. The molecule has 2 aliphatic rings. The first-order chi connectivity index (χ1) is 11.4. The Labute approximate surface area is 141 Å². The van der Waals surface area contributed by atoms with Gasteiger partial charge >= 0.3 is 5.97 Å². The van der Waals surface area contributed by atoms with Gasteiger partial charge in [0.05, 0.1) is 18.7 Å². The largest absolute Gasteiger partial charge is 0.480 e. The number of carboxylic acids is 1. The quantitative estimate of drug-likeness (QED) is 0.829. The van der Waals surface area contributed by atoms with E-state index in [0.29, 0.717) is 6.54 Å². The number of likely N-dealkylation sites (N-methyl/N-ethyl adjacent to an activating group) is 1. The van der Waals surface area contributed by atoms with Crippen LogP contribution in [-0.4, -0.2) is 70.7 Å². The number of likely N-dealkylation sites (tertiary alicyclic amines) is 1. The molecule has 1 aromatic rings. The molecular weight excluding hydrogens is 308 g/mol. The molecule has 2 N–H and O–H groups in total. The van der Waals surface area contributed by atoms with Crippen LogP contribution in [0.1, 0.15) is 23.5 Å². The molecule has 0 radical (unpaired) electrons. The van der Waals surface area contributed by atoms with Crippen LogP contribution in [0.3, 0.4) is 0 Å². The number of carbonyl (C=O) groups is 2. The molecule has 1 aromatic carbocycles. The van der Waals surface area contributed by atoms with E-state index in [1.165, 1.54) is 11.1 Å². The summed E-state index contributed by atoms with van der Waals surface area (Å²) in [7, 11) is 1.67. The van der Waals surface area contributed by atoms with Crippen LogP contribution in [0.2, 0.25) is 0 Å². The Morgan fingerprint density at radius 3 is 2.67 bits per heavy atom. The number of aliphatic hydroxyl groups is 1. The number of benzene rings is 1. The zero-order chi connectivity index (χ0) is 17.4. The molecule has 1 aliphatic heterocycles. The number of nitrogens with zero attached hydrogens (tertiary/aromatic N) is 2. The molecule has 1 saturated carbocycles. The predicted octanol–water partition coefficient (Wildman–Crippen LogP) is 0.687. The number of aliphatic hydroxyl groups excluding tert-OH is 1. The maximum absolute atomic E-state index is 12.7. The lowest BCUT2D eigenvalue weighted by Gasteiger charge is -2.24. The van der Waals surface area contributed by atoms with Crippen molar-refractivity contribution in [2.45, 2.75) is 31.4 Å². The maximum atomic E-state index is 12.7. The molecule has 24 heavy (non-hydrogen) atoms. The maximum Gasteiger partial charge on any atom is 0.317 e. The van der Waals surface area contributed by atoms with Gasteiger partial charge in [-0.3, -0.25) is 14.5 Å². The first kappa shape index (κ1) is 16.9. The van der Waals surface area contributed by atoms with E-state index in [1.807, 2.05) is 12.1 Å². The number of aliphatic carboxylic acids is 1. The molecule has 6 heteroatoms. The van der Waals surface area contributed by atoms with Gasteiger partial charge < -0.3 is 15.1 Å². The van der Waals surface area contributed by atoms with Gasteiger partial charge in [0.25, 0.3) is 0 Å². The standard InChI is InChI=1S/C18H24N2O4/c1-11-5-3-4-6-12(11)13-7-14(13)18(24)20-8-15(16(21)9-20)19(2)10-17(22)23/h3-6,13-16,21H,7-10H2,1-2H3,(H,22,23)/t13-,14-,15+,16+/m0/s1. The summed E-state index contributed by atoms with van der Waals surface area (Å²) in [6, 6.07) is 7.82. The Balaban J connectivity index is 1.61. The highest BCUT2D eigenvalue weighted by Gasteiger charge is 2.48. The van der Waals surface area contributed by atoms with Crippen molar-refractivity contribution in [3.63, 3.8) is 0 Å². The Kier molecular flexibility index (Phi) is 4.60. The lowest BCUT2D eigenvalue weighted by Crippen LogP contribution is -2.43. The lowest BCUT2D eigenvalue weighted by atomic mass is 10.0. The average Bonchev–Trinajstić information content (AvgIpc) is 3.21. The van der Waals surface area contributed by atoms with Crippen LogP contribution in [0.4, 0.5) is 0 Å². The van der Waals surface area contributed by atoms with Crippen LogP contribution in [0.15, 0.2) is 24.3 Å². The van der Waals surface area contributed by atoms with Crippen molar-refractivity contribution in [2.24, 2.45) is 5.92 Å². The zero-order valence-corrected chi connectivity index (χ0v) is 14.1. The van der Waals surface area contributed by atoms with Gasteiger partial charge in [-0.25, -0.2) is 0 Å². The van der Waals surface area contributed by atoms with E-state index in [2.05, 4.69) is 19.1 Å². The number of rotatable bonds is 5. The van der Waals surface area contributed by atoms with Crippen molar-refractivity contribution in [3.05, 3.63) is 35.4 Å². The third-order valence-corrected chi connectivity index (χ3v) is 5.22. The molecule has 4 atom stereocenters. The molecule has 0 unspecified atom stereocenters. The smallest absolute Gasteiger partial charge is 0.317 e. The second kappa shape index (κ2) is 6.53. The molecule has 0 bridgehead atoms. The van der Waals surface area contributed by atoms with Gasteiger partial charge in [-0.1, -0.05) is 24.3 Å². The van der Waals surface area contributed by atoms with Crippen LogP contribution in [-0.2, 0) is 9.59 Å². The van der Waals surface area contributed by atoms with Crippen molar-refractivity contribution >= 4 is 11.9 Å². The van der Waals surface area contributed by atoms with Gasteiger partial charge in [-0.05, 0) is 37.4 Å². The summed E-state index contributed by atoms with van der Waals surface area (Å²) in [5, 5.41) is 19.1. The fourth-order valence-electron chi connectivity index (χ4n) is 3.76. The second-order valence-corrected chi connectivity index (χ2v) is 6.99. The fourth-order valence-corrected chi connectivity index (χ4v) is 3.76. The Morgan fingerprint density at radius 2 is 2.00 bits per heavy atom. The summed E-state index contributed by atoms with van der Waals surface area (Å²) in [5.74, 6) is -0.599. The van der Waals surface area contributed by atoms with Crippen molar-refractivity contribution in [1.29, 1.82) is 0 Å². The Morgan fingerprint density at radius 1 is 1.29 bits per heavy atom. The third kappa shape index (κ3) is 3.30. The van der Waals surface area contributed by atoms with E-state index in [9.17, 15) is 14.7 Å². The topological polar surface area (TPSA) is 81.1 Å². The minimum atomic E-state index is -0.934. The summed E-state index contributed by atoms with van der Waals surface area (Å²) >= 11 is 0. The van der Waals surface area contributed by atoms with Crippen LogP contribution in [0, 0.1) is 12.8 Å². The number of amides is 1. The molecule has 3 rings (SSSR count). The van der Waals surface area contributed by atoms with E-state index < -0.39 is 12.1 Å². The molecule has 1 heterocycles. The van der Waals surface area contributed by atoms with Crippen LogP contribution >= 0.6 is 0 Å². The minimum absolute atomic E-state index is 0.0122. The van der Waals surface area contributed by atoms with Gasteiger partial charge in [0.2, 0.25) is 5.91 Å². The number of aryl methyl sites for hydroxylation is 1. The van der Waals surface area contributed by atoms with Crippen molar-refractivity contribution in [1.82, 2.24) is 9.80 Å². The molecule has 1 saturated heterocycles. The molecule has 130 valence electrons. The van der Waals surface area contributed by atoms with E-state index in [-0.39, 0.29) is 36.9 Å². The van der Waals surface area contributed by atoms with Crippen molar-refractivity contribution in [3.8, 4) is 0 Å².